The number of H-pyrrole nitrogens is 1. The largest absolute Gasteiger partial charge is 0.462 e. The number of rotatable bonds is 5. The summed E-state index contributed by atoms with van der Waals surface area (Å²) in [6.45, 7) is 5.29. The molecule has 0 saturated carbocycles. The predicted molar refractivity (Wildman–Crippen MR) is 67.0 cm³/mol. The highest BCUT2D eigenvalue weighted by atomic mass is 16.5. The van der Waals surface area contributed by atoms with Crippen LogP contribution in [0, 0.1) is 6.92 Å². The van der Waals surface area contributed by atoms with Gasteiger partial charge >= 0.3 is 5.97 Å². The van der Waals surface area contributed by atoms with Gasteiger partial charge in [-0.3, -0.25) is 9.59 Å². The number of hydrogen-bond acceptors (Lipinski definition) is 4. The summed E-state index contributed by atoms with van der Waals surface area (Å²) in [5.74, 6) is -0.890. The summed E-state index contributed by atoms with van der Waals surface area (Å²) >= 11 is 0. The molecular weight excluding hydrogens is 234 g/mol. The predicted octanol–water partition coefficient (Wildman–Crippen LogP) is 1.84. The monoisotopic (exact) mass is 251 g/mol. The molecule has 1 N–H and O–H groups in total. The topological polar surface area (TPSA) is 76.2 Å². The molecule has 5 nitrogen and oxygen atoms in total. The van der Waals surface area contributed by atoms with Crippen molar-refractivity contribution < 1.29 is 14.3 Å². The zero-order valence-electron chi connectivity index (χ0n) is 10.8. The van der Waals surface area contributed by atoms with Gasteiger partial charge in [-0.25, -0.2) is 4.79 Å². The molecule has 1 rings (SSSR count). The highest BCUT2D eigenvalue weighted by Crippen LogP contribution is 2.06. The Morgan fingerprint density at radius 2 is 2.06 bits per heavy atom. The Morgan fingerprint density at radius 3 is 2.61 bits per heavy atom. The molecule has 0 amide bonds. The van der Waals surface area contributed by atoms with Gasteiger partial charge in [0.2, 0.25) is 0 Å². The lowest BCUT2D eigenvalue weighted by atomic mass is 10.1. The van der Waals surface area contributed by atoms with E-state index < -0.39 is 11.5 Å². The van der Waals surface area contributed by atoms with Crippen LogP contribution in [0.25, 0.3) is 0 Å². The highest BCUT2D eigenvalue weighted by molar-refractivity contribution is 5.95. The SMILES string of the molecule is CCCCOC(=O)c1cc(C)c(C(C)=O)[nH]c1=O. The quantitative estimate of drug-likeness (QED) is 0.492. The van der Waals surface area contributed by atoms with E-state index in [9.17, 15) is 14.4 Å². The molecular formula is C13H17NO4. The van der Waals surface area contributed by atoms with E-state index in [0.29, 0.717) is 12.2 Å². The van der Waals surface area contributed by atoms with Crippen molar-refractivity contribution in [1.82, 2.24) is 4.98 Å². The van der Waals surface area contributed by atoms with E-state index in [4.69, 9.17) is 4.74 Å². The standard InChI is InChI=1S/C13H17NO4/c1-4-5-6-18-13(17)10-7-8(2)11(9(3)15)14-12(10)16/h7H,4-6H2,1-3H3,(H,14,16). The molecule has 1 aromatic heterocycles. The lowest BCUT2D eigenvalue weighted by Crippen LogP contribution is -2.23. The number of nitrogens with one attached hydrogen (secondary N) is 1. The summed E-state index contributed by atoms with van der Waals surface area (Å²) in [5, 5.41) is 0. The molecule has 1 heterocycles. The Kier molecular flexibility index (Phi) is 4.83. The highest BCUT2D eigenvalue weighted by Gasteiger charge is 2.15. The van der Waals surface area contributed by atoms with Gasteiger partial charge in [0, 0.05) is 6.92 Å². The molecule has 0 atom stereocenters. The van der Waals surface area contributed by atoms with Crippen LogP contribution in [0.3, 0.4) is 0 Å². The summed E-state index contributed by atoms with van der Waals surface area (Å²) in [5.41, 5.74) is 0.135. The average molecular weight is 251 g/mol. The number of hydrogen-bond donors (Lipinski definition) is 1. The lowest BCUT2D eigenvalue weighted by molar-refractivity contribution is 0.0497. The molecule has 98 valence electrons. The second-order valence-corrected chi connectivity index (χ2v) is 4.12. The summed E-state index contributed by atoms with van der Waals surface area (Å²) in [4.78, 5) is 36.9. The molecule has 18 heavy (non-hydrogen) atoms. The third-order valence-electron chi connectivity index (χ3n) is 2.54. The van der Waals surface area contributed by atoms with E-state index in [1.165, 1.54) is 13.0 Å². The van der Waals surface area contributed by atoms with Crippen LogP contribution in [0.5, 0.6) is 0 Å². The average Bonchev–Trinajstić information content (AvgIpc) is 2.31. The van der Waals surface area contributed by atoms with Gasteiger partial charge in [-0.2, -0.15) is 0 Å². The van der Waals surface area contributed by atoms with Crippen LogP contribution in [0.2, 0.25) is 0 Å². The number of esters is 1. The van der Waals surface area contributed by atoms with Crippen molar-refractivity contribution >= 4 is 11.8 Å². The molecule has 0 bridgehead atoms. The van der Waals surface area contributed by atoms with Crippen molar-refractivity contribution in [3.63, 3.8) is 0 Å². The van der Waals surface area contributed by atoms with Crippen molar-refractivity contribution in [3.05, 3.63) is 33.2 Å². The maximum absolute atomic E-state index is 11.7. The number of ketones is 1. The molecule has 0 fully saturated rings. The maximum Gasteiger partial charge on any atom is 0.343 e. The van der Waals surface area contributed by atoms with Crippen LogP contribution in [0.4, 0.5) is 0 Å². The normalized spacial score (nSPS) is 10.2. The van der Waals surface area contributed by atoms with Crippen LogP contribution in [-0.2, 0) is 4.74 Å². The van der Waals surface area contributed by atoms with E-state index >= 15 is 0 Å². The zero-order valence-corrected chi connectivity index (χ0v) is 10.8. The number of carbonyl (C=O) groups is 2. The number of aromatic nitrogens is 1. The fourth-order valence-electron chi connectivity index (χ4n) is 1.54. The van der Waals surface area contributed by atoms with Crippen molar-refractivity contribution in [3.8, 4) is 0 Å². The van der Waals surface area contributed by atoms with Gasteiger partial charge in [0.15, 0.2) is 5.78 Å². The first-order valence-corrected chi connectivity index (χ1v) is 5.89. The summed E-state index contributed by atoms with van der Waals surface area (Å²) in [7, 11) is 0. The summed E-state index contributed by atoms with van der Waals surface area (Å²) in [6.07, 6.45) is 1.67. The summed E-state index contributed by atoms with van der Waals surface area (Å²) in [6, 6.07) is 1.39. The van der Waals surface area contributed by atoms with Crippen molar-refractivity contribution in [2.24, 2.45) is 0 Å². The van der Waals surface area contributed by atoms with Crippen molar-refractivity contribution in [2.75, 3.05) is 6.61 Å². The van der Waals surface area contributed by atoms with Gasteiger partial charge in [-0.05, 0) is 25.0 Å². The van der Waals surface area contributed by atoms with Crippen LogP contribution in [0.15, 0.2) is 10.9 Å². The van der Waals surface area contributed by atoms with Crippen molar-refractivity contribution in [2.45, 2.75) is 33.6 Å². The molecule has 0 radical (unpaired) electrons. The van der Waals surface area contributed by atoms with Gasteiger partial charge in [-0.15, -0.1) is 0 Å². The van der Waals surface area contributed by atoms with Gasteiger partial charge in [-0.1, -0.05) is 13.3 Å². The molecule has 1 aromatic rings. The fourth-order valence-corrected chi connectivity index (χ4v) is 1.54. The van der Waals surface area contributed by atoms with Crippen LogP contribution in [0.1, 0.15) is 53.1 Å². The minimum absolute atomic E-state index is 0.0615. The fraction of sp³-hybridized carbons (Fsp3) is 0.462. The minimum atomic E-state index is -0.650. The molecule has 0 aromatic carbocycles. The second kappa shape index (κ2) is 6.14. The van der Waals surface area contributed by atoms with Gasteiger partial charge in [0.25, 0.3) is 5.56 Å². The maximum atomic E-state index is 11.7. The van der Waals surface area contributed by atoms with Crippen LogP contribution in [-0.4, -0.2) is 23.3 Å². The van der Waals surface area contributed by atoms with E-state index in [2.05, 4.69) is 4.98 Å². The Morgan fingerprint density at radius 1 is 1.39 bits per heavy atom. The number of unbranched alkanes of at least 4 members (excludes halogenated alkanes) is 1. The van der Waals surface area contributed by atoms with Gasteiger partial charge in [0.1, 0.15) is 5.56 Å². The van der Waals surface area contributed by atoms with Gasteiger partial charge < -0.3 is 9.72 Å². The van der Waals surface area contributed by atoms with E-state index in [1.54, 1.807) is 6.92 Å². The second-order valence-electron chi connectivity index (χ2n) is 4.12. The first-order chi connectivity index (χ1) is 8.47. The smallest absolute Gasteiger partial charge is 0.343 e. The number of pyridine rings is 1. The molecule has 0 unspecified atom stereocenters. The Hall–Kier alpha value is -1.91. The lowest BCUT2D eigenvalue weighted by Gasteiger charge is -2.06. The van der Waals surface area contributed by atoms with Crippen molar-refractivity contribution in [1.29, 1.82) is 0 Å². The first-order valence-electron chi connectivity index (χ1n) is 5.89. The Bertz CT molecular complexity index is 516. The number of aryl methyl sites for hydroxylation is 1. The molecule has 0 spiro atoms. The molecule has 0 aliphatic carbocycles. The molecule has 0 saturated heterocycles. The minimum Gasteiger partial charge on any atom is -0.462 e. The molecule has 0 aliphatic rings. The zero-order chi connectivity index (χ0) is 13.7. The number of carbonyl (C=O) groups excluding carboxylic acids is 2. The number of Topliss-reactive ketones (excluding diaryl/α,β-unsaturated/α-hetero) is 1. The van der Waals surface area contributed by atoms with Crippen LogP contribution >= 0.6 is 0 Å². The van der Waals surface area contributed by atoms with E-state index in [0.717, 1.165) is 12.8 Å². The third-order valence-corrected chi connectivity index (χ3v) is 2.54. The first kappa shape index (κ1) is 14.2. The van der Waals surface area contributed by atoms with E-state index in [1.807, 2.05) is 6.92 Å². The Balaban J connectivity index is 2.97. The van der Waals surface area contributed by atoms with E-state index in [-0.39, 0.29) is 17.0 Å². The van der Waals surface area contributed by atoms with Gasteiger partial charge in [0.05, 0.1) is 12.3 Å². The number of aromatic amines is 1. The summed E-state index contributed by atoms with van der Waals surface area (Å²) < 4.78 is 4.96. The number of ether oxygens (including phenoxy) is 1. The van der Waals surface area contributed by atoms with Crippen LogP contribution < -0.4 is 5.56 Å². The molecule has 5 heteroatoms. The molecule has 0 aliphatic heterocycles. The third kappa shape index (κ3) is 3.29. The Labute approximate surface area is 105 Å².